The number of hydrogen-bond donors (Lipinski definition) is 0. The maximum absolute atomic E-state index is 2.44. The summed E-state index contributed by atoms with van der Waals surface area (Å²) in [6.07, 6.45) is 18.7. The molecular weight excluding hydrogens is 368 g/mol. The van der Waals surface area contributed by atoms with Gasteiger partial charge in [0.15, 0.2) is 0 Å². The van der Waals surface area contributed by atoms with E-state index in [-0.39, 0.29) is 0 Å². The van der Waals surface area contributed by atoms with Crippen LogP contribution in [0.3, 0.4) is 0 Å². The van der Waals surface area contributed by atoms with Crippen molar-refractivity contribution in [1.29, 1.82) is 0 Å². The van der Waals surface area contributed by atoms with Gasteiger partial charge in [-0.1, -0.05) is 90.9 Å². The smallest absolute Gasteiger partial charge is 0.0501 e. The van der Waals surface area contributed by atoms with Crippen LogP contribution in [0.1, 0.15) is 97.3 Å². The Morgan fingerprint density at radius 3 is 1.03 bits per heavy atom. The van der Waals surface area contributed by atoms with Crippen LogP contribution in [0.4, 0.5) is 0 Å². The SMILES string of the molecule is CCCCCCCCCCCCCC.CN1CCCN(C)CCN(C)CN(C)CC1. The minimum atomic E-state index is 1.07. The molecule has 0 aliphatic carbocycles. The Bertz CT molecular complexity index is 307. The van der Waals surface area contributed by atoms with Gasteiger partial charge in [0.2, 0.25) is 0 Å². The van der Waals surface area contributed by atoms with Gasteiger partial charge in [0.1, 0.15) is 0 Å². The highest BCUT2D eigenvalue weighted by Crippen LogP contribution is 2.11. The van der Waals surface area contributed by atoms with Crippen LogP contribution >= 0.6 is 0 Å². The van der Waals surface area contributed by atoms with Crippen molar-refractivity contribution in [3.8, 4) is 0 Å². The Morgan fingerprint density at radius 1 is 0.400 bits per heavy atom. The molecule has 0 aromatic rings. The predicted octanol–water partition coefficient (Wildman–Crippen LogP) is 5.78. The van der Waals surface area contributed by atoms with E-state index < -0.39 is 0 Å². The van der Waals surface area contributed by atoms with Crippen LogP contribution in [0.5, 0.6) is 0 Å². The summed E-state index contributed by atoms with van der Waals surface area (Å²) in [7, 11) is 8.87. The average Bonchev–Trinajstić information content (AvgIpc) is 2.72. The van der Waals surface area contributed by atoms with Gasteiger partial charge in [0, 0.05) is 26.2 Å². The second kappa shape index (κ2) is 22.0. The van der Waals surface area contributed by atoms with Gasteiger partial charge in [0.05, 0.1) is 6.67 Å². The number of rotatable bonds is 11. The van der Waals surface area contributed by atoms with Crippen LogP contribution in [-0.2, 0) is 0 Å². The van der Waals surface area contributed by atoms with Crippen molar-refractivity contribution in [2.75, 3.05) is 74.1 Å². The molecule has 0 spiro atoms. The molecule has 1 heterocycles. The molecule has 1 aliphatic rings. The predicted molar refractivity (Wildman–Crippen MR) is 136 cm³/mol. The zero-order valence-electron chi connectivity index (χ0n) is 21.9. The average molecular weight is 427 g/mol. The zero-order valence-corrected chi connectivity index (χ0v) is 21.9. The van der Waals surface area contributed by atoms with E-state index in [9.17, 15) is 0 Å². The fourth-order valence-electron chi connectivity index (χ4n) is 3.98. The van der Waals surface area contributed by atoms with Gasteiger partial charge >= 0.3 is 0 Å². The first-order valence-electron chi connectivity index (χ1n) is 13.2. The first kappa shape index (κ1) is 29.8. The molecule has 0 N–H and O–H groups in total. The maximum atomic E-state index is 2.44. The van der Waals surface area contributed by atoms with Crippen molar-refractivity contribution in [3.63, 3.8) is 0 Å². The molecule has 182 valence electrons. The quantitative estimate of drug-likeness (QED) is 0.388. The molecule has 0 saturated carbocycles. The van der Waals surface area contributed by atoms with Gasteiger partial charge in [-0.2, -0.15) is 0 Å². The lowest BCUT2D eigenvalue weighted by Crippen LogP contribution is -2.42. The second-order valence-corrected chi connectivity index (χ2v) is 9.80. The molecule has 0 unspecified atom stereocenters. The van der Waals surface area contributed by atoms with Gasteiger partial charge in [-0.05, 0) is 47.7 Å². The van der Waals surface area contributed by atoms with Gasteiger partial charge in [-0.15, -0.1) is 0 Å². The Morgan fingerprint density at radius 2 is 0.700 bits per heavy atom. The van der Waals surface area contributed by atoms with Crippen molar-refractivity contribution < 1.29 is 0 Å². The molecule has 1 saturated heterocycles. The molecule has 1 aliphatic heterocycles. The highest BCUT2D eigenvalue weighted by Gasteiger charge is 2.08. The molecule has 4 nitrogen and oxygen atoms in total. The first-order valence-corrected chi connectivity index (χ1v) is 13.2. The number of likely N-dealkylation sites (N-methyl/N-ethyl adjacent to an activating group) is 4. The van der Waals surface area contributed by atoms with Crippen LogP contribution in [0, 0.1) is 0 Å². The zero-order chi connectivity index (χ0) is 22.5. The van der Waals surface area contributed by atoms with Crippen LogP contribution in [-0.4, -0.2) is 93.7 Å². The summed E-state index contributed by atoms with van der Waals surface area (Å²) >= 11 is 0. The molecule has 0 aromatic heterocycles. The molecule has 1 fully saturated rings. The third-order valence-electron chi connectivity index (χ3n) is 6.25. The maximum Gasteiger partial charge on any atom is 0.0501 e. The largest absolute Gasteiger partial charge is 0.305 e. The molecule has 0 aromatic carbocycles. The molecule has 0 amide bonds. The summed E-state index contributed by atoms with van der Waals surface area (Å²) in [4.78, 5) is 9.67. The molecule has 0 bridgehead atoms. The van der Waals surface area contributed by atoms with Crippen molar-refractivity contribution >= 4 is 0 Å². The van der Waals surface area contributed by atoms with Crippen molar-refractivity contribution in [2.24, 2.45) is 0 Å². The Balaban J connectivity index is 0.000000567. The van der Waals surface area contributed by atoms with Gasteiger partial charge < -0.3 is 9.80 Å². The molecular formula is C26H58N4. The number of nitrogens with zero attached hydrogens (tertiary/aromatic N) is 4. The lowest BCUT2D eigenvalue weighted by molar-refractivity contribution is 0.143. The Labute approximate surface area is 191 Å². The first-order chi connectivity index (χ1) is 14.5. The van der Waals surface area contributed by atoms with Crippen LogP contribution in [0.15, 0.2) is 0 Å². The molecule has 0 radical (unpaired) electrons. The van der Waals surface area contributed by atoms with Crippen LogP contribution in [0.25, 0.3) is 0 Å². The van der Waals surface area contributed by atoms with Gasteiger partial charge in [-0.25, -0.2) is 0 Å². The summed E-state index contributed by atoms with van der Waals surface area (Å²) < 4.78 is 0. The summed E-state index contributed by atoms with van der Waals surface area (Å²) in [5.74, 6) is 0. The molecule has 0 atom stereocenters. The highest BCUT2D eigenvalue weighted by molar-refractivity contribution is 4.63. The Kier molecular flexibility index (Phi) is 21.9. The number of hydrogen-bond acceptors (Lipinski definition) is 4. The minimum absolute atomic E-state index is 1.07. The fourth-order valence-corrected chi connectivity index (χ4v) is 3.98. The van der Waals surface area contributed by atoms with Crippen molar-refractivity contribution in [1.82, 2.24) is 19.6 Å². The van der Waals surface area contributed by atoms with Gasteiger partial charge in [0.25, 0.3) is 0 Å². The number of unbranched alkanes of at least 4 members (excludes halogenated alkanes) is 11. The topological polar surface area (TPSA) is 13.0 Å². The Hall–Kier alpha value is -0.160. The molecule has 1 rings (SSSR count). The summed E-state index contributed by atoms with van der Waals surface area (Å²) in [5, 5.41) is 0. The lowest BCUT2D eigenvalue weighted by Gasteiger charge is -2.29. The van der Waals surface area contributed by atoms with E-state index in [1.54, 1.807) is 0 Å². The van der Waals surface area contributed by atoms with Crippen LogP contribution in [0.2, 0.25) is 0 Å². The molecule has 30 heavy (non-hydrogen) atoms. The second-order valence-electron chi connectivity index (χ2n) is 9.80. The van der Waals surface area contributed by atoms with E-state index in [4.69, 9.17) is 0 Å². The van der Waals surface area contributed by atoms with Crippen LogP contribution < -0.4 is 0 Å². The monoisotopic (exact) mass is 426 g/mol. The van der Waals surface area contributed by atoms with Crippen molar-refractivity contribution in [3.05, 3.63) is 0 Å². The lowest BCUT2D eigenvalue weighted by atomic mass is 10.1. The summed E-state index contributed by atoms with van der Waals surface area (Å²) in [5.41, 5.74) is 0. The van der Waals surface area contributed by atoms with E-state index in [2.05, 4.69) is 61.6 Å². The minimum Gasteiger partial charge on any atom is -0.305 e. The van der Waals surface area contributed by atoms with E-state index in [0.29, 0.717) is 0 Å². The van der Waals surface area contributed by atoms with E-state index in [1.807, 2.05) is 0 Å². The summed E-state index contributed by atoms with van der Waals surface area (Å²) in [6.45, 7) is 12.8. The van der Waals surface area contributed by atoms with Gasteiger partial charge in [-0.3, -0.25) is 9.80 Å². The normalized spacial score (nSPS) is 19.0. The third-order valence-corrected chi connectivity index (χ3v) is 6.25. The van der Waals surface area contributed by atoms with E-state index in [0.717, 1.165) is 19.8 Å². The fraction of sp³-hybridized carbons (Fsp3) is 1.00. The standard InChI is InChI=1S/C14H30.C12H28N4/c1-3-5-7-9-11-13-14-12-10-8-6-4-2;1-13-6-5-7-14(2)9-11-16(4)12-15(3)10-8-13/h3-14H2,1-2H3;5-12H2,1-4H3. The molecule has 4 heteroatoms. The van der Waals surface area contributed by atoms with E-state index >= 15 is 0 Å². The summed E-state index contributed by atoms with van der Waals surface area (Å²) in [6, 6.07) is 0. The van der Waals surface area contributed by atoms with Crippen molar-refractivity contribution in [2.45, 2.75) is 97.3 Å². The highest BCUT2D eigenvalue weighted by atomic mass is 15.3. The third kappa shape index (κ3) is 21.1. The van der Waals surface area contributed by atoms with E-state index in [1.165, 1.54) is 110 Å².